The van der Waals surface area contributed by atoms with Gasteiger partial charge in [-0.2, -0.15) is 0 Å². The second-order valence-electron chi connectivity index (χ2n) is 9.97. The van der Waals surface area contributed by atoms with Crippen LogP contribution in [-0.4, -0.2) is 38.0 Å². The Morgan fingerprint density at radius 3 is 2.39 bits per heavy atom. The van der Waals surface area contributed by atoms with Crippen molar-refractivity contribution in [3.05, 3.63) is 47.5 Å². The summed E-state index contributed by atoms with van der Waals surface area (Å²) in [6.07, 6.45) is -1.03. The lowest BCUT2D eigenvalue weighted by atomic mass is 9.64. The summed E-state index contributed by atoms with van der Waals surface area (Å²) in [6, 6.07) is 9.97. The van der Waals surface area contributed by atoms with Crippen LogP contribution in [0.15, 0.2) is 36.4 Å². The molecule has 1 unspecified atom stereocenters. The highest BCUT2D eigenvalue weighted by atomic mass is 19.3. The van der Waals surface area contributed by atoms with Crippen LogP contribution in [0.5, 0.6) is 23.0 Å². The van der Waals surface area contributed by atoms with Crippen LogP contribution in [0.2, 0.25) is 0 Å². The maximum Gasteiger partial charge on any atom is 0.586 e. The highest BCUT2D eigenvalue weighted by molar-refractivity contribution is 5.86. The second-order valence-corrected chi connectivity index (χ2v) is 9.97. The zero-order valence-corrected chi connectivity index (χ0v) is 19.8. The van der Waals surface area contributed by atoms with Crippen LogP contribution < -0.4 is 24.3 Å². The number of carbonyl (C=O) groups is 2. The molecule has 0 aromatic heterocycles. The molecule has 6 rings (SSSR count). The largest absolute Gasteiger partial charge is 0.586 e. The van der Waals surface area contributed by atoms with E-state index in [1.165, 1.54) is 19.2 Å². The normalized spacial score (nSPS) is 27.8. The number of hydrogen-bond donors (Lipinski definition) is 1. The summed E-state index contributed by atoms with van der Waals surface area (Å²) < 4.78 is 52.6. The van der Waals surface area contributed by atoms with Gasteiger partial charge in [0, 0.05) is 30.9 Å². The predicted octanol–water partition coefficient (Wildman–Crippen LogP) is 4.01. The van der Waals surface area contributed by atoms with Crippen molar-refractivity contribution in [1.29, 1.82) is 0 Å². The number of rotatable bonds is 5. The smallest absolute Gasteiger partial charge is 0.497 e. The first-order valence-corrected chi connectivity index (χ1v) is 11.8. The lowest BCUT2D eigenvalue weighted by molar-refractivity contribution is -0.286. The van der Waals surface area contributed by atoms with Gasteiger partial charge >= 0.3 is 12.3 Å². The van der Waals surface area contributed by atoms with Gasteiger partial charge in [0.05, 0.1) is 31.6 Å². The third kappa shape index (κ3) is 3.70. The second kappa shape index (κ2) is 7.72. The van der Waals surface area contributed by atoms with Gasteiger partial charge in [0.15, 0.2) is 11.5 Å². The first-order valence-electron chi connectivity index (χ1n) is 11.8. The predicted molar refractivity (Wildman–Crippen MR) is 120 cm³/mol. The van der Waals surface area contributed by atoms with E-state index in [0.29, 0.717) is 49.2 Å². The monoisotopic (exact) mass is 501 g/mol. The number of fused-ring (bicyclic) bond motifs is 2. The van der Waals surface area contributed by atoms with Crippen molar-refractivity contribution < 1.29 is 42.1 Å². The first kappa shape index (κ1) is 22.9. The van der Waals surface area contributed by atoms with Crippen molar-refractivity contribution in [2.24, 2.45) is 5.92 Å². The average Bonchev–Trinajstić information content (AvgIpc) is 3.54. The third-order valence-electron chi connectivity index (χ3n) is 7.65. The Kier molecular flexibility index (Phi) is 4.90. The highest BCUT2D eigenvalue weighted by Gasteiger charge is 2.56. The maximum absolute atomic E-state index is 13.7. The summed E-state index contributed by atoms with van der Waals surface area (Å²) >= 11 is 0. The van der Waals surface area contributed by atoms with E-state index in [9.17, 15) is 18.4 Å². The fourth-order valence-corrected chi connectivity index (χ4v) is 5.61. The van der Waals surface area contributed by atoms with E-state index in [2.05, 4.69) is 14.8 Å². The van der Waals surface area contributed by atoms with Crippen LogP contribution in [0.1, 0.15) is 49.1 Å². The number of amides is 1. The molecule has 2 aromatic carbocycles. The van der Waals surface area contributed by atoms with E-state index in [1.807, 2.05) is 6.07 Å². The summed E-state index contributed by atoms with van der Waals surface area (Å²) in [6.45, 7) is 0. The van der Waals surface area contributed by atoms with Crippen LogP contribution >= 0.6 is 0 Å². The van der Waals surface area contributed by atoms with E-state index in [-0.39, 0.29) is 29.3 Å². The fourth-order valence-electron chi connectivity index (χ4n) is 5.61. The van der Waals surface area contributed by atoms with Crippen LogP contribution in [-0.2, 0) is 19.9 Å². The Bertz CT molecular complexity index is 1250. The van der Waals surface area contributed by atoms with Gasteiger partial charge in [0.25, 0.3) is 0 Å². The number of methoxy groups -OCH3 is 2. The molecular weight excluding hydrogens is 476 g/mol. The Labute approximate surface area is 205 Å². The molecule has 0 bridgehead atoms. The molecule has 2 fully saturated rings. The SMILES string of the molecule is COC(=O)C1CC2(C1)CC(C(=O)NC1(c3ccc4c(c3)OC(F)(F)O4)CC1)c1ccc(OC)cc1O2. The van der Waals surface area contributed by atoms with Gasteiger partial charge in [-0.3, -0.25) is 9.59 Å². The molecule has 2 saturated carbocycles. The molecule has 1 N–H and O–H groups in total. The van der Waals surface area contributed by atoms with E-state index < -0.39 is 23.4 Å². The molecule has 10 heteroatoms. The van der Waals surface area contributed by atoms with E-state index in [1.54, 1.807) is 25.3 Å². The molecular formula is C26H25F2NO7. The van der Waals surface area contributed by atoms with Crippen LogP contribution in [0, 0.1) is 5.92 Å². The molecule has 4 aliphatic rings. The van der Waals surface area contributed by atoms with Crippen LogP contribution in [0.4, 0.5) is 8.78 Å². The van der Waals surface area contributed by atoms with Crippen molar-refractivity contribution in [2.45, 2.75) is 55.5 Å². The first-order chi connectivity index (χ1) is 17.1. The number of esters is 1. The zero-order chi connectivity index (χ0) is 25.3. The van der Waals surface area contributed by atoms with Gasteiger partial charge in [0.1, 0.15) is 17.1 Å². The number of halogens is 2. The van der Waals surface area contributed by atoms with Crippen molar-refractivity contribution in [1.82, 2.24) is 5.32 Å². The van der Waals surface area contributed by atoms with Gasteiger partial charge in [-0.15, -0.1) is 8.78 Å². The summed E-state index contributed by atoms with van der Waals surface area (Å²) in [4.78, 5) is 25.7. The Hall–Kier alpha value is -3.56. The minimum absolute atomic E-state index is 0.0368. The van der Waals surface area contributed by atoms with Crippen molar-refractivity contribution in [2.75, 3.05) is 14.2 Å². The van der Waals surface area contributed by atoms with E-state index >= 15 is 0 Å². The molecule has 1 amide bonds. The van der Waals surface area contributed by atoms with E-state index in [4.69, 9.17) is 14.2 Å². The molecule has 2 aliphatic heterocycles. The molecule has 0 saturated heterocycles. The number of nitrogens with one attached hydrogen (secondary N) is 1. The third-order valence-corrected chi connectivity index (χ3v) is 7.65. The average molecular weight is 501 g/mol. The summed E-state index contributed by atoms with van der Waals surface area (Å²) in [5, 5.41) is 3.16. The quantitative estimate of drug-likeness (QED) is 0.619. The zero-order valence-electron chi connectivity index (χ0n) is 19.8. The van der Waals surface area contributed by atoms with Gasteiger partial charge in [-0.25, -0.2) is 0 Å². The van der Waals surface area contributed by atoms with Gasteiger partial charge < -0.3 is 29.0 Å². The molecule has 1 atom stereocenters. The topological polar surface area (TPSA) is 92.3 Å². The van der Waals surface area contributed by atoms with Crippen LogP contribution in [0.25, 0.3) is 0 Å². The summed E-state index contributed by atoms with van der Waals surface area (Å²) in [7, 11) is 2.91. The highest BCUT2D eigenvalue weighted by Crippen LogP contribution is 2.54. The molecule has 1 spiro atoms. The number of ether oxygens (including phenoxy) is 5. The molecule has 2 heterocycles. The molecule has 8 nitrogen and oxygen atoms in total. The molecule has 2 aliphatic carbocycles. The molecule has 190 valence electrons. The maximum atomic E-state index is 13.7. The van der Waals surface area contributed by atoms with Gasteiger partial charge in [0.2, 0.25) is 5.91 Å². The summed E-state index contributed by atoms with van der Waals surface area (Å²) in [5.41, 5.74) is 0.101. The standard InChI is InChI=1S/C26H25F2NO7/c1-32-16-4-5-17-18(13-24(34-20(17)10-16)11-14(12-24)23(31)33-2)22(30)29-25(7-8-25)15-3-6-19-21(9-15)36-26(27,28)35-19/h3-6,9-10,14,18H,7-8,11-13H2,1-2H3,(H,29,30). The number of hydrogen-bond acceptors (Lipinski definition) is 7. The van der Waals surface area contributed by atoms with Crippen molar-refractivity contribution >= 4 is 11.9 Å². The molecule has 36 heavy (non-hydrogen) atoms. The van der Waals surface area contributed by atoms with Crippen LogP contribution in [0.3, 0.4) is 0 Å². The van der Waals surface area contributed by atoms with Gasteiger partial charge in [-0.05, 0) is 36.6 Å². The minimum Gasteiger partial charge on any atom is -0.497 e. The Balaban J connectivity index is 1.26. The van der Waals surface area contributed by atoms with E-state index in [0.717, 1.165) is 5.56 Å². The molecule has 0 radical (unpaired) electrons. The fraction of sp³-hybridized carbons (Fsp3) is 0.462. The lowest BCUT2D eigenvalue weighted by Gasteiger charge is -2.50. The minimum atomic E-state index is -3.70. The summed E-state index contributed by atoms with van der Waals surface area (Å²) in [5.74, 6) is -0.197. The Morgan fingerprint density at radius 1 is 0.944 bits per heavy atom. The lowest BCUT2D eigenvalue weighted by Crippen LogP contribution is -2.55. The van der Waals surface area contributed by atoms with Crippen molar-refractivity contribution in [3.63, 3.8) is 0 Å². The number of carbonyl (C=O) groups excluding carboxylic acids is 2. The molecule has 2 aromatic rings. The number of alkyl halides is 2. The van der Waals surface area contributed by atoms with Gasteiger partial charge in [-0.1, -0.05) is 12.1 Å². The Morgan fingerprint density at radius 2 is 1.69 bits per heavy atom. The van der Waals surface area contributed by atoms with Crippen molar-refractivity contribution in [3.8, 4) is 23.0 Å². The number of benzene rings is 2.